The van der Waals surface area contributed by atoms with E-state index in [1.165, 1.54) is 7.11 Å². The summed E-state index contributed by atoms with van der Waals surface area (Å²) in [5.41, 5.74) is 2.65. The van der Waals surface area contributed by atoms with Crippen LogP contribution in [0.15, 0.2) is 41.2 Å². The van der Waals surface area contributed by atoms with Gasteiger partial charge in [-0.25, -0.2) is 9.59 Å². The molecule has 0 unspecified atom stereocenters. The van der Waals surface area contributed by atoms with Crippen molar-refractivity contribution >= 4 is 28.4 Å². The van der Waals surface area contributed by atoms with E-state index < -0.39 is 6.03 Å². The van der Waals surface area contributed by atoms with Crippen LogP contribution in [0.3, 0.4) is 0 Å². The number of imidazole rings is 1. The Morgan fingerprint density at radius 1 is 0.929 bits per heavy atom. The van der Waals surface area contributed by atoms with Crippen LogP contribution >= 0.6 is 0 Å². The first-order valence-corrected chi connectivity index (χ1v) is 9.05. The fraction of sp³-hybridized carbons (Fsp3) is 0.300. The Labute approximate surface area is 162 Å². The fourth-order valence-corrected chi connectivity index (χ4v) is 3.21. The Hall–Kier alpha value is -3.42. The molecule has 3 rings (SSSR count). The van der Waals surface area contributed by atoms with Crippen LogP contribution in [0.1, 0.15) is 13.8 Å². The highest BCUT2D eigenvalue weighted by Crippen LogP contribution is 2.29. The minimum Gasteiger partial charge on any atom is -0.497 e. The number of urea groups is 1. The third kappa shape index (κ3) is 3.53. The van der Waals surface area contributed by atoms with Crippen molar-refractivity contribution < 1.29 is 14.3 Å². The number of aromatic nitrogens is 2. The molecular weight excluding hydrogens is 360 g/mol. The molecular formula is C20H24N4O4. The lowest BCUT2D eigenvalue weighted by Gasteiger charge is -2.12. The first kappa shape index (κ1) is 19.3. The number of hydrogen-bond acceptors (Lipinski definition) is 4. The third-order valence-corrected chi connectivity index (χ3v) is 4.56. The van der Waals surface area contributed by atoms with Crippen LogP contribution in [0.5, 0.6) is 11.5 Å². The van der Waals surface area contributed by atoms with Gasteiger partial charge in [-0.15, -0.1) is 0 Å². The molecule has 0 radical (unpaired) electrons. The SMILES string of the molecule is CCn1c(=O)n(CC)c2cc(NC(=O)Nc3cc(OC)ccc3OC)ccc21. The monoisotopic (exact) mass is 384 g/mol. The van der Waals surface area contributed by atoms with E-state index in [1.54, 1.807) is 46.6 Å². The smallest absolute Gasteiger partial charge is 0.329 e. The predicted octanol–water partition coefficient (Wildman–Crippen LogP) is 3.50. The van der Waals surface area contributed by atoms with E-state index in [9.17, 15) is 9.59 Å². The fourth-order valence-electron chi connectivity index (χ4n) is 3.21. The van der Waals surface area contributed by atoms with E-state index in [2.05, 4.69) is 10.6 Å². The Morgan fingerprint density at radius 3 is 2.29 bits per heavy atom. The van der Waals surface area contributed by atoms with Crippen molar-refractivity contribution in [1.82, 2.24) is 9.13 Å². The number of rotatable bonds is 6. The van der Waals surface area contributed by atoms with Crippen LogP contribution in [-0.4, -0.2) is 29.4 Å². The van der Waals surface area contributed by atoms with Gasteiger partial charge in [-0.1, -0.05) is 0 Å². The molecule has 2 aromatic carbocycles. The number of carbonyl (C=O) groups excluding carboxylic acids is 1. The van der Waals surface area contributed by atoms with Gasteiger partial charge in [0.2, 0.25) is 0 Å². The van der Waals surface area contributed by atoms with Crippen LogP contribution in [0, 0.1) is 0 Å². The average Bonchev–Trinajstić information content (AvgIpc) is 2.97. The zero-order valence-electron chi connectivity index (χ0n) is 16.4. The number of nitrogens with zero attached hydrogens (tertiary/aromatic N) is 2. The van der Waals surface area contributed by atoms with Crippen LogP contribution in [0.2, 0.25) is 0 Å². The van der Waals surface area contributed by atoms with Crippen molar-refractivity contribution in [2.45, 2.75) is 26.9 Å². The number of benzene rings is 2. The molecule has 0 aliphatic carbocycles. The van der Waals surface area contributed by atoms with Crippen molar-refractivity contribution in [1.29, 1.82) is 0 Å². The van der Waals surface area contributed by atoms with E-state index in [4.69, 9.17) is 9.47 Å². The van der Waals surface area contributed by atoms with Crippen LogP contribution in [0.4, 0.5) is 16.2 Å². The zero-order chi connectivity index (χ0) is 20.3. The summed E-state index contributed by atoms with van der Waals surface area (Å²) in [5, 5.41) is 5.56. The summed E-state index contributed by atoms with van der Waals surface area (Å²) in [5.74, 6) is 1.12. The molecule has 2 N–H and O–H groups in total. The van der Waals surface area contributed by atoms with Gasteiger partial charge < -0.3 is 20.1 Å². The molecule has 0 fully saturated rings. The second-order valence-corrected chi connectivity index (χ2v) is 6.12. The van der Waals surface area contributed by atoms with Crippen molar-refractivity contribution in [3.8, 4) is 11.5 Å². The quantitative estimate of drug-likeness (QED) is 0.681. The van der Waals surface area contributed by atoms with Crippen LogP contribution in [0.25, 0.3) is 11.0 Å². The Balaban J connectivity index is 1.87. The Kier molecular flexibility index (Phi) is 5.58. The van der Waals surface area contributed by atoms with Gasteiger partial charge in [-0.05, 0) is 44.2 Å². The maximum atomic E-state index is 12.5. The Morgan fingerprint density at radius 2 is 1.64 bits per heavy atom. The normalized spacial score (nSPS) is 10.7. The summed E-state index contributed by atoms with van der Waals surface area (Å²) in [6.07, 6.45) is 0. The van der Waals surface area contributed by atoms with Crippen molar-refractivity contribution in [3.63, 3.8) is 0 Å². The average molecular weight is 384 g/mol. The summed E-state index contributed by atoms with van der Waals surface area (Å²) < 4.78 is 13.9. The molecule has 1 heterocycles. The van der Waals surface area contributed by atoms with Gasteiger partial charge in [-0.3, -0.25) is 9.13 Å². The first-order valence-electron chi connectivity index (χ1n) is 9.05. The van der Waals surface area contributed by atoms with E-state index in [0.717, 1.165) is 11.0 Å². The lowest BCUT2D eigenvalue weighted by molar-refractivity contribution is 0.262. The molecule has 0 saturated heterocycles. The van der Waals surface area contributed by atoms with Gasteiger partial charge in [0.15, 0.2) is 0 Å². The summed E-state index contributed by atoms with van der Waals surface area (Å²) in [4.78, 5) is 24.9. The van der Waals surface area contributed by atoms with Gasteiger partial charge in [0.25, 0.3) is 0 Å². The lowest BCUT2D eigenvalue weighted by Crippen LogP contribution is -2.23. The molecule has 2 amide bonds. The van der Waals surface area contributed by atoms with Gasteiger partial charge in [0, 0.05) is 24.8 Å². The number of amides is 2. The highest BCUT2D eigenvalue weighted by molar-refractivity contribution is 6.01. The minimum atomic E-state index is -0.425. The number of aryl methyl sites for hydroxylation is 2. The van der Waals surface area contributed by atoms with Gasteiger partial charge in [0.05, 0.1) is 30.9 Å². The molecule has 0 saturated carbocycles. The van der Waals surface area contributed by atoms with Gasteiger partial charge >= 0.3 is 11.7 Å². The largest absolute Gasteiger partial charge is 0.497 e. The number of hydrogen-bond donors (Lipinski definition) is 2. The molecule has 0 aliphatic rings. The Bertz CT molecular complexity index is 1070. The molecule has 0 aliphatic heterocycles. The molecule has 28 heavy (non-hydrogen) atoms. The maximum Gasteiger partial charge on any atom is 0.329 e. The van der Waals surface area contributed by atoms with Crippen LogP contribution in [-0.2, 0) is 13.1 Å². The molecule has 0 atom stereocenters. The standard InChI is InChI=1S/C20H24N4O4/c1-5-23-16-9-7-13(11-17(16)24(6-2)20(23)26)21-19(25)22-15-12-14(27-3)8-10-18(15)28-4/h7-12H,5-6H2,1-4H3,(H2,21,22,25). The lowest BCUT2D eigenvalue weighted by atomic mass is 10.2. The van der Waals surface area contributed by atoms with Gasteiger partial charge in [-0.2, -0.15) is 0 Å². The van der Waals surface area contributed by atoms with Crippen LogP contribution < -0.4 is 25.8 Å². The predicted molar refractivity (Wildman–Crippen MR) is 110 cm³/mol. The summed E-state index contributed by atoms with van der Waals surface area (Å²) in [7, 11) is 3.08. The molecule has 0 spiro atoms. The number of carbonyl (C=O) groups is 1. The van der Waals surface area contributed by atoms with E-state index in [1.807, 2.05) is 19.9 Å². The number of anilines is 2. The summed E-state index contributed by atoms with van der Waals surface area (Å²) in [6.45, 7) is 4.99. The maximum absolute atomic E-state index is 12.5. The number of nitrogens with one attached hydrogen (secondary N) is 2. The van der Waals surface area contributed by atoms with E-state index in [-0.39, 0.29) is 5.69 Å². The third-order valence-electron chi connectivity index (χ3n) is 4.56. The zero-order valence-corrected chi connectivity index (χ0v) is 16.4. The summed E-state index contributed by atoms with van der Waals surface area (Å²) >= 11 is 0. The topological polar surface area (TPSA) is 86.5 Å². The molecule has 1 aromatic heterocycles. The highest BCUT2D eigenvalue weighted by Gasteiger charge is 2.13. The molecule has 148 valence electrons. The van der Waals surface area contributed by atoms with Crippen molar-refractivity contribution in [2.24, 2.45) is 0 Å². The summed E-state index contributed by atoms with van der Waals surface area (Å²) in [6, 6.07) is 10.1. The molecule has 8 nitrogen and oxygen atoms in total. The number of fused-ring (bicyclic) bond motifs is 1. The second kappa shape index (κ2) is 8.08. The molecule has 0 bridgehead atoms. The minimum absolute atomic E-state index is 0.0530. The van der Waals surface area contributed by atoms with Crippen molar-refractivity contribution in [2.75, 3.05) is 24.9 Å². The number of methoxy groups -OCH3 is 2. The van der Waals surface area contributed by atoms with Gasteiger partial charge in [0.1, 0.15) is 11.5 Å². The van der Waals surface area contributed by atoms with E-state index >= 15 is 0 Å². The van der Waals surface area contributed by atoms with E-state index in [0.29, 0.717) is 36.0 Å². The molecule has 8 heteroatoms. The first-order chi connectivity index (χ1) is 13.5. The highest BCUT2D eigenvalue weighted by atomic mass is 16.5. The molecule has 3 aromatic rings. The number of ether oxygens (including phenoxy) is 2. The second-order valence-electron chi connectivity index (χ2n) is 6.12. The van der Waals surface area contributed by atoms with Crippen molar-refractivity contribution in [3.05, 3.63) is 46.9 Å².